The molecule has 0 amide bonds. The second kappa shape index (κ2) is 9.15. The van der Waals surface area contributed by atoms with Crippen molar-refractivity contribution in [1.29, 1.82) is 0 Å². The minimum atomic E-state index is -5.50. The highest BCUT2D eigenvalue weighted by Crippen LogP contribution is 2.45. The fourth-order valence-electron chi connectivity index (χ4n) is 3.00. The van der Waals surface area contributed by atoms with Gasteiger partial charge in [-0.1, -0.05) is 0 Å². The normalized spacial score (nSPS) is 12.5. The Balaban J connectivity index is 2.10. The maximum Gasteiger partial charge on any atom is 0.422 e. The van der Waals surface area contributed by atoms with Crippen molar-refractivity contribution < 1.29 is 62.2 Å². The first kappa shape index (κ1) is 27.6. The van der Waals surface area contributed by atoms with Gasteiger partial charge in [-0.3, -0.25) is 0 Å². The minimum Gasteiger partial charge on any atom is -0.454 e. The number of hydrogen-bond donors (Lipinski definition) is 2. The van der Waals surface area contributed by atoms with Crippen LogP contribution in [0, 0.1) is 17.5 Å². The van der Waals surface area contributed by atoms with E-state index in [4.69, 9.17) is 16.2 Å². The summed E-state index contributed by atoms with van der Waals surface area (Å²) >= 11 is 0. The summed E-state index contributed by atoms with van der Waals surface area (Å²) in [5.41, 5.74) is 2.74. The molecule has 0 aliphatic carbocycles. The number of benzene rings is 3. The van der Waals surface area contributed by atoms with E-state index in [0.29, 0.717) is 6.07 Å². The van der Waals surface area contributed by atoms with Gasteiger partial charge in [-0.05, 0) is 12.1 Å². The molecule has 0 aliphatic heterocycles. The van der Waals surface area contributed by atoms with Crippen LogP contribution in [-0.4, -0.2) is 0 Å². The van der Waals surface area contributed by atoms with Crippen LogP contribution >= 0.6 is 0 Å². The van der Waals surface area contributed by atoms with Crippen LogP contribution < -0.4 is 20.9 Å². The Bertz CT molecular complexity index is 1350. The number of alkyl halides is 9. The zero-order valence-corrected chi connectivity index (χ0v) is 17.5. The number of rotatable bonds is 4. The third-order valence-corrected chi connectivity index (χ3v) is 4.58. The number of halogens is 12. The van der Waals surface area contributed by atoms with E-state index in [-0.39, 0.29) is 30.3 Å². The van der Waals surface area contributed by atoms with E-state index < -0.39 is 87.0 Å². The SMILES string of the molecule is Nc1cc(Oc2cc(F)c(C(F)(F)F)c(Oc3cc(N)c(C(F)(F)F)cc3F)c2)c(F)cc1C(F)(F)F. The summed E-state index contributed by atoms with van der Waals surface area (Å²) in [5.74, 6) is -10.5. The third kappa shape index (κ3) is 5.89. The van der Waals surface area contributed by atoms with Gasteiger partial charge in [0.25, 0.3) is 0 Å². The van der Waals surface area contributed by atoms with E-state index in [9.17, 15) is 52.7 Å². The van der Waals surface area contributed by atoms with Gasteiger partial charge >= 0.3 is 18.5 Å². The predicted octanol–water partition coefficient (Wildman–Crippen LogP) is 7.91. The number of hydrogen-bond acceptors (Lipinski definition) is 4. The quantitative estimate of drug-likeness (QED) is 0.256. The molecule has 0 saturated heterocycles. The molecule has 16 heteroatoms. The maximum atomic E-state index is 14.4. The lowest BCUT2D eigenvalue weighted by Crippen LogP contribution is -2.12. The summed E-state index contributed by atoms with van der Waals surface area (Å²) in [6.45, 7) is 0. The molecule has 0 aliphatic rings. The van der Waals surface area contributed by atoms with E-state index in [1.165, 1.54) is 0 Å². The molecule has 4 nitrogen and oxygen atoms in total. The highest BCUT2D eigenvalue weighted by Gasteiger charge is 2.40. The van der Waals surface area contributed by atoms with Gasteiger partial charge in [-0.2, -0.15) is 39.5 Å². The number of anilines is 2. The van der Waals surface area contributed by atoms with Crippen LogP contribution in [0.15, 0.2) is 36.4 Å². The van der Waals surface area contributed by atoms with Crippen LogP contribution in [0.4, 0.5) is 64.1 Å². The van der Waals surface area contributed by atoms with Crippen molar-refractivity contribution in [3.8, 4) is 23.0 Å². The van der Waals surface area contributed by atoms with Crippen molar-refractivity contribution in [2.24, 2.45) is 0 Å². The zero-order chi connectivity index (χ0) is 28.1. The number of nitrogens with two attached hydrogens (primary N) is 2. The van der Waals surface area contributed by atoms with E-state index in [1.54, 1.807) is 0 Å². The molecule has 0 heterocycles. The largest absolute Gasteiger partial charge is 0.454 e. The average Bonchev–Trinajstić information content (AvgIpc) is 2.70. The highest BCUT2D eigenvalue weighted by molar-refractivity contribution is 5.57. The van der Waals surface area contributed by atoms with Crippen molar-refractivity contribution in [3.05, 3.63) is 70.5 Å². The molecular weight excluding hydrogens is 540 g/mol. The van der Waals surface area contributed by atoms with Crippen LogP contribution in [0.25, 0.3) is 0 Å². The van der Waals surface area contributed by atoms with Crippen LogP contribution in [0.2, 0.25) is 0 Å². The van der Waals surface area contributed by atoms with Crippen molar-refractivity contribution in [2.75, 3.05) is 11.5 Å². The molecule has 0 fully saturated rings. The molecule has 0 saturated carbocycles. The molecule has 3 aromatic carbocycles. The van der Waals surface area contributed by atoms with E-state index in [1.807, 2.05) is 0 Å². The fourth-order valence-corrected chi connectivity index (χ4v) is 3.00. The Morgan fingerprint density at radius 1 is 0.486 bits per heavy atom. The maximum absolute atomic E-state index is 14.4. The summed E-state index contributed by atoms with van der Waals surface area (Å²) in [7, 11) is 0. The van der Waals surface area contributed by atoms with Crippen molar-refractivity contribution in [3.63, 3.8) is 0 Å². The summed E-state index contributed by atoms with van der Waals surface area (Å²) < 4.78 is 170. The van der Waals surface area contributed by atoms with Crippen molar-refractivity contribution in [2.45, 2.75) is 18.5 Å². The molecule has 37 heavy (non-hydrogen) atoms. The van der Waals surface area contributed by atoms with E-state index >= 15 is 0 Å². The van der Waals surface area contributed by atoms with Crippen molar-refractivity contribution in [1.82, 2.24) is 0 Å². The standard InChI is InChI=1S/C21H10F12N2O2/c22-10-3-8(19(25,26)27)13(34)5-15(10)36-7-1-12(24)18(21(31,32)33)17(2-7)37-16-6-14(35)9(4-11(16)23)20(28,29)30/h1-6H,34-35H2. The van der Waals surface area contributed by atoms with Gasteiger partial charge in [0.2, 0.25) is 0 Å². The van der Waals surface area contributed by atoms with E-state index in [2.05, 4.69) is 4.74 Å². The average molecular weight is 550 g/mol. The summed E-state index contributed by atoms with van der Waals surface area (Å²) in [5, 5.41) is 0. The molecule has 0 unspecified atom stereocenters. The molecule has 0 spiro atoms. The topological polar surface area (TPSA) is 70.5 Å². The first-order valence-electron chi connectivity index (χ1n) is 9.38. The van der Waals surface area contributed by atoms with Crippen LogP contribution in [-0.2, 0) is 18.5 Å². The highest BCUT2D eigenvalue weighted by atomic mass is 19.4. The Hall–Kier alpha value is -3.98. The van der Waals surface area contributed by atoms with Gasteiger partial charge in [0, 0.05) is 35.6 Å². The smallest absolute Gasteiger partial charge is 0.422 e. The lowest BCUT2D eigenvalue weighted by Gasteiger charge is -2.18. The Morgan fingerprint density at radius 2 is 0.919 bits per heavy atom. The Morgan fingerprint density at radius 3 is 1.32 bits per heavy atom. The minimum absolute atomic E-state index is 0.0560. The zero-order valence-electron chi connectivity index (χ0n) is 17.5. The summed E-state index contributed by atoms with van der Waals surface area (Å²) in [6.07, 6.45) is -15.7. The monoisotopic (exact) mass is 550 g/mol. The molecular formula is C21H10F12N2O2. The van der Waals surface area contributed by atoms with E-state index in [0.717, 1.165) is 0 Å². The van der Waals surface area contributed by atoms with Gasteiger partial charge in [0.15, 0.2) is 23.1 Å². The third-order valence-electron chi connectivity index (χ3n) is 4.58. The molecule has 200 valence electrons. The molecule has 3 aromatic rings. The first-order chi connectivity index (χ1) is 16.8. The Labute approximate surface area is 198 Å². The lowest BCUT2D eigenvalue weighted by atomic mass is 10.1. The molecule has 0 bridgehead atoms. The van der Waals surface area contributed by atoms with Crippen LogP contribution in [0.5, 0.6) is 23.0 Å². The second-order valence-electron chi connectivity index (χ2n) is 7.22. The number of ether oxygens (including phenoxy) is 2. The predicted molar refractivity (Wildman–Crippen MR) is 103 cm³/mol. The van der Waals surface area contributed by atoms with Crippen molar-refractivity contribution >= 4 is 11.4 Å². The molecule has 0 atom stereocenters. The Kier molecular flexibility index (Phi) is 6.83. The molecule has 0 radical (unpaired) electrons. The lowest BCUT2D eigenvalue weighted by molar-refractivity contribution is -0.141. The van der Waals surface area contributed by atoms with Crippen LogP contribution in [0.1, 0.15) is 16.7 Å². The second-order valence-corrected chi connectivity index (χ2v) is 7.22. The van der Waals surface area contributed by atoms with Gasteiger partial charge in [0.05, 0.1) is 11.1 Å². The van der Waals surface area contributed by atoms with Gasteiger partial charge in [-0.25, -0.2) is 13.2 Å². The fraction of sp³-hybridized carbons (Fsp3) is 0.143. The summed E-state index contributed by atoms with van der Waals surface area (Å²) in [6, 6.07) is 0.565. The summed E-state index contributed by atoms with van der Waals surface area (Å²) in [4.78, 5) is 0. The van der Waals surface area contributed by atoms with Crippen LogP contribution in [0.3, 0.4) is 0 Å². The molecule has 4 N–H and O–H groups in total. The van der Waals surface area contributed by atoms with Gasteiger partial charge in [-0.15, -0.1) is 0 Å². The first-order valence-corrected chi connectivity index (χ1v) is 9.38. The van der Waals surface area contributed by atoms with Gasteiger partial charge < -0.3 is 20.9 Å². The molecule has 3 rings (SSSR count). The van der Waals surface area contributed by atoms with Gasteiger partial charge in [0.1, 0.15) is 22.9 Å². The number of nitrogen functional groups attached to an aromatic ring is 2. The molecule has 0 aromatic heterocycles.